The van der Waals surface area contributed by atoms with Crippen molar-refractivity contribution >= 4 is 46.0 Å². The van der Waals surface area contributed by atoms with Crippen LogP contribution in [0.3, 0.4) is 0 Å². The molecule has 1 aliphatic carbocycles. The molecule has 2 heterocycles. The van der Waals surface area contributed by atoms with Crippen LogP contribution >= 0.6 is 23.5 Å². The highest BCUT2D eigenvalue weighted by Gasteiger charge is 2.28. The highest BCUT2D eigenvalue weighted by atomic mass is 35.5. The SMILES string of the molecule is CCc1cn2c3c(cc(C(=O)N[C@@H](Cc4ccccc4Cl)[C@H](O)CNC4CC4)cc13)N(C)SCC2. The lowest BCUT2D eigenvalue weighted by atomic mass is 9.99. The third kappa shape index (κ3) is 5.33. The van der Waals surface area contributed by atoms with Crippen molar-refractivity contribution in [2.24, 2.45) is 0 Å². The van der Waals surface area contributed by atoms with Crippen LogP contribution in [-0.2, 0) is 19.4 Å². The lowest BCUT2D eigenvalue weighted by Gasteiger charge is -2.26. The van der Waals surface area contributed by atoms with E-state index in [0.717, 1.165) is 48.2 Å². The van der Waals surface area contributed by atoms with Gasteiger partial charge in [0.1, 0.15) is 0 Å². The fourth-order valence-corrected chi connectivity index (χ4v) is 5.86. The molecule has 0 unspecified atom stereocenters. The largest absolute Gasteiger partial charge is 0.390 e. The number of nitrogens with one attached hydrogen (secondary N) is 2. The Kier molecular flexibility index (Phi) is 7.30. The summed E-state index contributed by atoms with van der Waals surface area (Å²) >= 11 is 8.18. The van der Waals surface area contributed by atoms with Crippen LogP contribution in [0.4, 0.5) is 5.69 Å². The van der Waals surface area contributed by atoms with E-state index >= 15 is 0 Å². The fraction of sp³-hybridized carbons (Fsp3) is 0.444. The number of hydrogen-bond donors (Lipinski definition) is 3. The molecule has 0 bridgehead atoms. The first kappa shape index (κ1) is 24.5. The van der Waals surface area contributed by atoms with Gasteiger partial charge in [0.05, 0.1) is 23.3 Å². The maximum absolute atomic E-state index is 13.6. The quantitative estimate of drug-likeness (QED) is 0.370. The van der Waals surface area contributed by atoms with Crippen molar-refractivity contribution in [1.29, 1.82) is 0 Å². The Morgan fingerprint density at radius 1 is 1.26 bits per heavy atom. The summed E-state index contributed by atoms with van der Waals surface area (Å²) in [5.41, 5.74) is 5.01. The van der Waals surface area contributed by atoms with E-state index in [9.17, 15) is 9.90 Å². The molecule has 1 fully saturated rings. The molecule has 0 spiro atoms. The number of aliphatic hydroxyl groups excluding tert-OH is 1. The van der Waals surface area contributed by atoms with Gasteiger partial charge in [0.15, 0.2) is 0 Å². The fourth-order valence-electron chi connectivity index (χ4n) is 4.82. The molecule has 8 heteroatoms. The van der Waals surface area contributed by atoms with Gasteiger partial charge in [0.2, 0.25) is 0 Å². The van der Waals surface area contributed by atoms with Crippen LogP contribution in [0, 0.1) is 0 Å². The number of carbonyl (C=O) groups excluding carboxylic acids is 1. The average molecular weight is 513 g/mol. The number of halogens is 1. The van der Waals surface area contributed by atoms with Gasteiger partial charge in [-0.2, -0.15) is 0 Å². The number of rotatable bonds is 9. The molecule has 3 N–H and O–H groups in total. The molecule has 2 aliphatic rings. The maximum atomic E-state index is 13.6. The second kappa shape index (κ2) is 10.4. The van der Waals surface area contributed by atoms with Crippen LogP contribution in [0.1, 0.15) is 41.3 Å². The Hall–Kier alpha value is -2.19. The average Bonchev–Trinajstić information content (AvgIpc) is 3.64. The molecule has 0 radical (unpaired) electrons. The molecule has 0 saturated heterocycles. The summed E-state index contributed by atoms with van der Waals surface area (Å²) in [6.07, 6.45) is 5.14. The summed E-state index contributed by atoms with van der Waals surface area (Å²) in [4.78, 5) is 13.6. The van der Waals surface area contributed by atoms with Crippen LogP contribution in [0.5, 0.6) is 0 Å². The number of benzene rings is 2. The summed E-state index contributed by atoms with van der Waals surface area (Å²) in [5.74, 6) is 0.808. The van der Waals surface area contributed by atoms with Crippen LogP contribution in [0.2, 0.25) is 5.02 Å². The van der Waals surface area contributed by atoms with E-state index in [1.54, 1.807) is 11.9 Å². The van der Waals surface area contributed by atoms with Gasteiger partial charge in [-0.15, -0.1) is 0 Å². The molecule has 35 heavy (non-hydrogen) atoms. The minimum absolute atomic E-state index is 0.178. The third-order valence-electron chi connectivity index (χ3n) is 7.01. The smallest absolute Gasteiger partial charge is 0.251 e. The van der Waals surface area contributed by atoms with Crippen LogP contribution in [-0.4, -0.2) is 53.1 Å². The number of hydrogen-bond acceptors (Lipinski definition) is 5. The highest BCUT2D eigenvalue weighted by Crippen LogP contribution is 2.37. The molecule has 1 aliphatic heterocycles. The first-order chi connectivity index (χ1) is 16.9. The molecule has 6 nitrogen and oxygen atoms in total. The molecule has 3 aromatic rings. The van der Waals surface area contributed by atoms with Gasteiger partial charge in [-0.05, 0) is 67.0 Å². The van der Waals surface area contributed by atoms with Gasteiger partial charge in [-0.1, -0.05) is 36.7 Å². The summed E-state index contributed by atoms with van der Waals surface area (Å²) in [7, 11) is 2.06. The van der Waals surface area contributed by atoms with Crippen molar-refractivity contribution in [2.75, 3.05) is 23.7 Å². The lowest BCUT2D eigenvalue weighted by molar-refractivity contribution is 0.0830. The van der Waals surface area contributed by atoms with Gasteiger partial charge in [-0.3, -0.25) is 4.79 Å². The Bertz CT molecular complexity index is 1230. The molecule has 2 atom stereocenters. The molecular formula is C27H33ClN4O2S. The topological polar surface area (TPSA) is 69.5 Å². The zero-order valence-corrected chi connectivity index (χ0v) is 21.8. The monoisotopic (exact) mass is 512 g/mol. The van der Waals surface area contributed by atoms with Crippen molar-refractivity contribution in [3.63, 3.8) is 0 Å². The van der Waals surface area contributed by atoms with Gasteiger partial charge in [0, 0.05) is 54.1 Å². The molecular weight excluding hydrogens is 480 g/mol. The summed E-state index contributed by atoms with van der Waals surface area (Å²) in [5, 5.41) is 19.3. The van der Waals surface area contributed by atoms with Gasteiger partial charge < -0.3 is 24.6 Å². The Morgan fingerprint density at radius 3 is 2.80 bits per heavy atom. The van der Waals surface area contributed by atoms with E-state index in [1.807, 2.05) is 36.4 Å². The number of anilines is 1. The Morgan fingerprint density at radius 2 is 2.06 bits per heavy atom. The zero-order valence-electron chi connectivity index (χ0n) is 20.3. The number of carbonyl (C=O) groups is 1. The first-order valence-corrected chi connectivity index (χ1v) is 13.7. The normalized spacial score (nSPS) is 17.3. The predicted molar refractivity (Wildman–Crippen MR) is 146 cm³/mol. The summed E-state index contributed by atoms with van der Waals surface area (Å²) in [6.45, 7) is 3.54. The minimum Gasteiger partial charge on any atom is -0.390 e. The van der Waals surface area contributed by atoms with Gasteiger partial charge >= 0.3 is 0 Å². The standard InChI is InChI=1S/C27H33ClN4O2S/c1-3-17-16-32-10-11-35-31(2)24-14-19(12-21(17)26(24)32)27(34)30-23(25(33)15-29-20-8-9-20)13-18-6-4-5-7-22(18)28/h4-7,12,14,16,20,23,25,29,33H,3,8-11,13,15H2,1-2H3,(H,30,34)/t23-,25+/m0/s1. The number of aromatic nitrogens is 1. The lowest BCUT2D eigenvalue weighted by Crippen LogP contribution is -2.49. The van der Waals surface area contributed by atoms with Crippen molar-refractivity contribution < 1.29 is 9.90 Å². The second-order valence-electron chi connectivity index (χ2n) is 9.55. The van der Waals surface area contributed by atoms with Crippen molar-refractivity contribution in [3.05, 3.63) is 64.3 Å². The molecule has 1 saturated carbocycles. The Balaban J connectivity index is 1.45. The first-order valence-electron chi connectivity index (χ1n) is 12.4. The van der Waals surface area contributed by atoms with E-state index < -0.39 is 12.1 Å². The highest BCUT2D eigenvalue weighted by molar-refractivity contribution is 8.00. The van der Waals surface area contributed by atoms with Crippen LogP contribution in [0.25, 0.3) is 10.9 Å². The van der Waals surface area contributed by atoms with Gasteiger partial charge in [-0.25, -0.2) is 0 Å². The number of nitrogens with zero attached hydrogens (tertiary/aromatic N) is 2. The van der Waals surface area contributed by atoms with Crippen LogP contribution in [0.15, 0.2) is 42.6 Å². The van der Waals surface area contributed by atoms with E-state index in [1.165, 1.54) is 11.1 Å². The Labute approximate surface area is 216 Å². The third-order valence-corrected chi connectivity index (χ3v) is 8.32. The van der Waals surface area contributed by atoms with Gasteiger partial charge in [0.25, 0.3) is 5.91 Å². The maximum Gasteiger partial charge on any atom is 0.251 e. The van der Waals surface area contributed by atoms with Crippen molar-refractivity contribution in [3.8, 4) is 0 Å². The molecule has 2 aromatic carbocycles. The predicted octanol–water partition coefficient (Wildman–Crippen LogP) is 4.41. The molecule has 1 aromatic heterocycles. The van der Waals surface area contributed by atoms with E-state index in [4.69, 9.17) is 11.6 Å². The number of aliphatic hydroxyl groups is 1. The molecule has 186 valence electrons. The van der Waals surface area contributed by atoms with Crippen molar-refractivity contribution in [1.82, 2.24) is 15.2 Å². The number of aryl methyl sites for hydroxylation is 2. The zero-order chi connectivity index (χ0) is 24.5. The molecule has 1 amide bonds. The summed E-state index contributed by atoms with van der Waals surface area (Å²) < 4.78 is 4.48. The number of amides is 1. The van der Waals surface area contributed by atoms with Crippen LogP contribution < -0.4 is 14.9 Å². The van der Waals surface area contributed by atoms with E-state index in [0.29, 0.717) is 29.6 Å². The van der Waals surface area contributed by atoms with Crippen molar-refractivity contribution in [2.45, 2.75) is 57.3 Å². The summed E-state index contributed by atoms with van der Waals surface area (Å²) in [6, 6.07) is 11.6. The van der Waals surface area contributed by atoms with E-state index in [-0.39, 0.29) is 5.91 Å². The molecule has 5 rings (SSSR count). The van der Waals surface area contributed by atoms with E-state index in [2.05, 4.69) is 39.7 Å². The second-order valence-corrected chi connectivity index (χ2v) is 11.2. The minimum atomic E-state index is -0.730.